The van der Waals surface area contributed by atoms with Gasteiger partial charge in [0.2, 0.25) is 0 Å². The summed E-state index contributed by atoms with van der Waals surface area (Å²) in [4.78, 5) is 0. The van der Waals surface area contributed by atoms with Gasteiger partial charge in [0.25, 0.3) is 0 Å². The quantitative estimate of drug-likeness (QED) is 0.536. The highest BCUT2D eigenvalue weighted by molar-refractivity contribution is 4.71. The van der Waals surface area contributed by atoms with Crippen molar-refractivity contribution in [2.45, 2.75) is 65.5 Å². The lowest BCUT2D eigenvalue weighted by atomic mass is 10.1. The predicted octanol–water partition coefficient (Wildman–Crippen LogP) is 2.99. The second-order valence-corrected chi connectivity index (χ2v) is 4.51. The number of unbranched alkanes of at least 4 members (excludes halogenated alkanes) is 1. The molecule has 0 amide bonds. The van der Waals surface area contributed by atoms with Crippen molar-refractivity contribution in [1.82, 2.24) is 5.32 Å². The van der Waals surface area contributed by atoms with Crippen molar-refractivity contribution < 1.29 is 9.47 Å². The van der Waals surface area contributed by atoms with Crippen LogP contribution in [-0.2, 0) is 9.47 Å². The first-order valence-corrected chi connectivity index (χ1v) is 7.18. The van der Waals surface area contributed by atoms with E-state index in [1.165, 1.54) is 12.8 Å². The number of nitrogens with one attached hydrogen (secondary N) is 1. The lowest BCUT2D eigenvalue weighted by Gasteiger charge is -2.24. The molecule has 0 fully saturated rings. The summed E-state index contributed by atoms with van der Waals surface area (Å²) < 4.78 is 11.3. The molecule has 0 rings (SSSR count). The highest BCUT2D eigenvalue weighted by Gasteiger charge is 2.14. The van der Waals surface area contributed by atoms with Crippen LogP contribution in [0.15, 0.2) is 0 Å². The van der Waals surface area contributed by atoms with Crippen LogP contribution in [0, 0.1) is 0 Å². The maximum atomic E-state index is 5.78. The van der Waals surface area contributed by atoms with Crippen LogP contribution < -0.4 is 5.32 Å². The fourth-order valence-electron chi connectivity index (χ4n) is 1.73. The van der Waals surface area contributed by atoms with Gasteiger partial charge in [-0.25, -0.2) is 0 Å². The van der Waals surface area contributed by atoms with Crippen LogP contribution in [0.25, 0.3) is 0 Å². The summed E-state index contributed by atoms with van der Waals surface area (Å²) in [5, 5.41) is 3.51. The van der Waals surface area contributed by atoms with Gasteiger partial charge in [-0.2, -0.15) is 0 Å². The fraction of sp³-hybridized carbons (Fsp3) is 1.00. The third-order valence-electron chi connectivity index (χ3n) is 2.91. The lowest BCUT2D eigenvalue weighted by Crippen LogP contribution is -2.40. The minimum atomic E-state index is 0.265. The van der Waals surface area contributed by atoms with Crippen LogP contribution in [0.5, 0.6) is 0 Å². The van der Waals surface area contributed by atoms with E-state index in [-0.39, 0.29) is 6.10 Å². The van der Waals surface area contributed by atoms with Crippen molar-refractivity contribution in [3.8, 4) is 0 Å². The molecule has 0 aliphatic carbocycles. The number of rotatable bonds is 12. The first kappa shape index (κ1) is 16.9. The average molecular weight is 245 g/mol. The smallest absolute Gasteiger partial charge is 0.0704 e. The van der Waals surface area contributed by atoms with E-state index < -0.39 is 0 Å². The number of hydrogen-bond donors (Lipinski definition) is 1. The summed E-state index contributed by atoms with van der Waals surface area (Å²) in [6.07, 6.45) is 4.88. The molecule has 0 bridgehead atoms. The Balaban J connectivity index is 3.50. The molecule has 0 saturated carbocycles. The van der Waals surface area contributed by atoms with Gasteiger partial charge in [0.15, 0.2) is 0 Å². The molecule has 0 aromatic heterocycles. The van der Waals surface area contributed by atoms with Gasteiger partial charge in [0.1, 0.15) is 0 Å². The Labute approximate surface area is 107 Å². The minimum absolute atomic E-state index is 0.265. The molecule has 2 unspecified atom stereocenters. The summed E-state index contributed by atoms with van der Waals surface area (Å²) in [5.74, 6) is 0. The molecule has 0 aliphatic heterocycles. The second-order valence-electron chi connectivity index (χ2n) is 4.51. The summed E-state index contributed by atoms with van der Waals surface area (Å²) in [5.41, 5.74) is 0. The predicted molar refractivity (Wildman–Crippen MR) is 73.5 cm³/mol. The lowest BCUT2D eigenvalue weighted by molar-refractivity contribution is -0.00407. The van der Waals surface area contributed by atoms with Crippen LogP contribution in [-0.4, -0.2) is 38.5 Å². The van der Waals surface area contributed by atoms with Gasteiger partial charge in [-0.15, -0.1) is 0 Å². The highest BCUT2D eigenvalue weighted by atomic mass is 16.5. The zero-order chi connectivity index (χ0) is 12.9. The molecule has 1 N–H and O–H groups in total. The van der Waals surface area contributed by atoms with Crippen LogP contribution in [0.3, 0.4) is 0 Å². The molecule has 0 aromatic rings. The van der Waals surface area contributed by atoms with E-state index in [1.54, 1.807) is 0 Å². The molecule has 0 radical (unpaired) electrons. The molecule has 0 aliphatic rings. The summed E-state index contributed by atoms with van der Waals surface area (Å²) in [6, 6.07) is 0.464. The summed E-state index contributed by atoms with van der Waals surface area (Å²) in [7, 11) is 0. The molecule has 3 heteroatoms. The van der Waals surface area contributed by atoms with E-state index in [2.05, 4.69) is 33.0 Å². The van der Waals surface area contributed by atoms with Gasteiger partial charge in [-0.05, 0) is 32.7 Å². The number of hydrogen-bond acceptors (Lipinski definition) is 3. The summed E-state index contributed by atoms with van der Waals surface area (Å²) >= 11 is 0. The monoisotopic (exact) mass is 245 g/mol. The first-order valence-electron chi connectivity index (χ1n) is 7.18. The molecule has 3 nitrogen and oxygen atoms in total. The van der Waals surface area contributed by atoms with Gasteiger partial charge in [-0.3, -0.25) is 0 Å². The maximum Gasteiger partial charge on any atom is 0.0704 e. The Hall–Kier alpha value is -0.120. The van der Waals surface area contributed by atoms with Crippen molar-refractivity contribution in [1.29, 1.82) is 0 Å². The Bertz CT molecular complexity index is 153. The number of ether oxygens (including phenoxy) is 2. The standard InChI is InChI=1S/C14H31NO2/c1-5-8-10-16-11-12-17-13(4)14(7-3)15-9-6-2/h13-15H,5-12H2,1-4H3. The highest BCUT2D eigenvalue weighted by Crippen LogP contribution is 2.03. The molecular weight excluding hydrogens is 214 g/mol. The van der Waals surface area contributed by atoms with Gasteiger partial charge >= 0.3 is 0 Å². The van der Waals surface area contributed by atoms with Crippen molar-refractivity contribution in [3.63, 3.8) is 0 Å². The van der Waals surface area contributed by atoms with Crippen molar-refractivity contribution in [2.24, 2.45) is 0 Å². The van der Waals surface area contributed by atoms with Crippen molar-refractivity contribution in [2.75, 3.05) is 26.4 Å². The molecule has 0 saturated heterocycles. The molecule has 104 valence electrons. The van der Waals surface area contributed by atoms with E-state index in [0.29, 0.717) is 19.3 Å². The van der Waals surface area contributed by atoms with Crippen LogP contribution >= 0.6 is 0 Å². The van der Waals surface area contributed by atoms with Gasteiger partial charge in [0.05, 0.1) is 19.3 Å². The Kier molecular flexibility index (Phi) is 12.3. The van der Waals surface area contributed by atoms with Crippen molar-refractivity contribution in [3.05, 3.63) is 0 Å². The topological polar surface area (TPSA) is 30.5 Å². The van der Waals surface area contributed by atoms with E-state index >= 15 is 0 Å². The SMILES string of the molecule is CCCCOCCOC(C)C(CC)NCCC. The molecule has 17 heavy (non-hydrogen) atoms. The molecule has 0 spiro atoms. The Morgan fingerprint density at radius 2 is 1.76 bits per heavy atom. The Morgan fingerprint density at radius 3 is 2.35 bits per heavy atom. The van der Waals surface area contributed by atoms with E-state index in [9.17, 15) is 0 Å². The summed E-state index contributed by atoms with van der Waals surface area (Å²) in [6.45, 7) is 12.1. The molecule has 0 aromatic carbocycles. The van der Waals surface area contributed by atoms with E-state index in [0.717, 1.165) is 26.0 Å². The zero-order valence-corrected chi connectivity index (χ0v) is 12.1. The molecule has 2 atom stereocenters. The van der Waals surface area contributed by atoms with Crippen LogP contribution in [0.4, 0.5) is 0 Å². The largest absolute Gasteiger partial charge is 0.379 e. The maximum absolute atomic E-state index is 5.78. The van der Waals surface area contributed by atoms with Gasteiger partial charge < -0.3 is 14.8 Å². The first-order chi connectivity index (χ1) is 8.26. The third kappa shape index (κ3) is 9.57. The van der Waals surface area contributed by atoms with Crippen LogP contribution in [0.2, 0.25) is 0 Å². The van der Waals surface area contributed by atoms with Gasteiger partial charge in [-0.1, -0.05) is 27.2 Å². The Morgan fingerprint density at radius 1 is 1.00 bits per heavy atom. The fourth-order valence-corrected chi connectivity index (χ4v) is 1.73. The minimum Gasteiger partial charge on any atom is -0.379 e. The van der Waals surface area contributed by atoms with E-state index in [4.69, 9.17) is 9.47 Å². The second kappa shape index (κ2) is 12.3. The third-order valence-corrected chi connectivity index (χ3v) is 2.91. The van der Waals surface area contributed by atoms with Crippen molar-refractivity contribution >= 4 is 0 Å². The zero-order valence-electron chi connectivity index (χ0n) is 12.1. The van der Waals surface area contributed by atoms with Gasteiger partial charge in [0, 0.05) is 12.6 Å². The average Bonchev–Trinajstić information content (AvgIpc) is 2.34. The molecular formula is C14H31NO2. The van der Waals surface area contributed by atoms with Crippen LogP contribution in [0.1, 0.15) is 53.4 Å². The van der Waals surface area contributed by atoms with E-state index in [1.807, 2.05) is 0 Å². The molecule has 0 heterocycles. The normalized spacial score (nSPS) is 14.8.